The fourth-order valence-corrected chi connectivity index (χ4v) is 6.59. The van der Waals surface area contributed by atoms with E-state index in [0.717, 1.165) is 24.6 Å². The molecule has 0 radical (unpaired) electrons. The highest BCUT2D eigenvalue weighted by Crippen LogP contribution is 2.60. The average Bonchev–Trinajstić information content (AvgIpc) is 2.64. The van der Waals surface area contributed by atoms with Crippen LogP contribution in [0.25, 0.3) is 10.8 Å². The highest BCUT2D eigenvalue weighted by molar-refractivity contribution is 8.32. The van der Waals surface area contributed by atoms with Gasteiger partial charge in [-0.2, -0.15) is 53.2 Å². The largest absolute Gasteiger partial charge is 0.460 e. The molecule has 0 amide bonds. The number of nitrogens with zero attached hydrogens (tertiary/aromatic N) is 1. The number of hydrogen-bond acceptors (Lipinski definition) is 4. The van der Waals surface area contributed by atoms with E-state index in [1.807, 2.05) is 6.07 Å². The van der Waals surface area contributed by atoms with Crippen LogP contribution in [0.2, 0.25) is 0 Å². The van der Waals surface area contributed by atoms with Gasteiger partial charge in [0.1, 0.15) is 0 Å². The summed E-state index contributed by atoms with van der Waals surface area (Å²) in [4.78, 5) is -0.169. The molecular formula is C17H12F9NO3S2. The SMILES string of the molecule is CS(C)(OS(=O)(=O)C(F)(F)C(F)(F)C(F)(F)C(F)(F)F)c1ccc(C#N)c2ccccc12. The number of halogens is 9. The second-order valence-corrected chi connectivity index (χ2v) is 11.6. The standard InChI is InChI=1S/C17H12F9NO3S2/c1-31(2,13-8-7-10(9-27)11-5-3-4-6-12(11)13)30-32(28,29)17(25,26)15(20,21)14(18,19)16(22,23)24/h3-8H,1-2H3. The summed E-state index contributed by atoms with van der Waals surface area (Å²) in [5, 5.41) is 2.48. The van der Waals surface area contributed by atoms with Crippen molar-refractivity contribution in [3.05, 3.63) is 42.0 Å². The minimum absolute atomic E-state index is 0.0732. The lowest BCUT2D eigenvalue weighted by molar-refractivity contribution is -0.382. The summed E-state index contributed by atoms with van der Waals surface area (Å²) in [5.74, 6) is -14.8. The van der Waals surface area contributed by atoms with Crippen LogP contribution in [0.5, 0.6) is 0 Å². The minimum Gasteiger partial charge on any atom is -0.211 e. The van der Waals surface area contributed by atoms with Crippen molar-refractivity contribution in [2.75, 3.05) is 12.5 Å². The Morgan fingerprint density at radius 2 is 1.31 bits per heavy atom. The molecule has 2 aromatic rings. The van der Waals surface area contributed by atoms with Gasteiger partial charge in [0.25, 0.3) is 0 Å². The molecule has 0 heterocycles. The molecule has 0 spiro atoms. The van der Waals surface area contributed by atoms with Crippen molar-refractivity contribution in [3.63, 3.8) is 0 Å². The van der Waals surface area contributed by atoms with E-state index >= 15 is 0 Å². The third-order valence-corrected chi connectivity index (χ3v) is 8.60. The van der Waals surface area contributed by atoms with Crippen LogP contribution < -0.4 is 0 Å². The number of benzene rings is 2. The Bertz CT molecular complexity index is 1190. The predicted octanol–water partition coefficient (Wildman–Crippen LogP) is 5.82. The molecule has 0 bridgehead atoms. The van der Waals surface area contributed by atoms with Gasteiger partial charge in [0.2, 0.25) is 0 Å². The number of fused-ring (bicyclic) bond motifs is 1. The highest BCUT2D eigenvalue weighted by Gasteiger charge is 2.86. The molecule has 0 saturated heterocycles. The van der Waals surface area contributed by atoms with Crippen LogP contribution in [0.1, 0.15) is 5.56 Å². The van der Waals surface area contributed by atoms with Gasteiger partial charge in [0.05, 0.1) is 11.6 Å². The molecule has 0 saturated carbocycles. The van der Waals surface area contributed by atoms with Crippen molar-refractivity contribution < 1.29 is 51.6 Å². The summed E-state index contributed by atoms with van der Waals surface area (Å²) < 4.78 is 146. The van der Waals surface area contributed by atoms with E-state index in [4.69, 9.17) is 5.26 Å². The summed E-state index contributed by atoms with van der Waals surface area (Å²) >= 11 is 0. The zero-order valence-corrected chi connectivity index (χ0v) is 17.5. The van der Waals surface area contributed by atoms with Gasteiger partial charge in [-0.05, 0) is 30.0 Å². The van der Waals surface area contributed by atoms with Crippen molar-refractivity contribution in [3.8, 4) is 6.07 Å². The second-order valence-electron chi connectivity index (χ2n) is 6.69. The van der Waals surface area contributed by atoms with Crippen molar-refractivity contribution in [2.45, 2.75) is 28.2 Å². The molecule has 0 aliphatic heterocycles. The van der Waals surface area contributed by atoms with Gasteiger partial charge in [-0.3, -0.25) is 0 Å². The molecule has 15 heteroatoms. The lowest BCUT2D eigenvalue weighted by atomic mass is 10.1. The maximum Gasteiger partial charge on any atom is 0.460 e. The van der Waals surface area contributed by atoms with Crippen LogP contribution in [0, 0.1) is 11.3 Å². The molecule has 0 aromatic heterocycles. The summed E-state index contributed by atoms with van der Waals surface area (Å²) in [5.41, 5.74) is 0.0732. The zero-order chi connectivity index (χ0) is 25.0. The van der Waals surface area contributed by atoms with E-state index in [9.17, 15) is 47.9 Å². The first-order chi connectivity index (χ1) is 14.2. The van der Waals surface area contributed by atoms with Crippen molar-refractivity contribution >= 4 is 31.2 Å². The van der Waals surface area contributed by atoms with E-state index < -0.39 is 43.7 Å². The predicted molar refractivity (Wildman–Crippen MR) is 97.3 cm³/mol. The number of rotatable bonds is 6. The monoisotopic (exact) mass is 513 g/mol. The number of hydrogen-bond donors (Lipinski definition) is 0. The van der Waals surface area contributed by atoms with Crippen molar-refractivity contribution in [2.24, 2.45) is 0 Å². The van der Waals surface area contributed by atoms with E-state index in [-0.39, 0.29) is 21.2 Å². The maximum atomic E-state index is 14.0. The topological polar surface area (TPSA) is 67.2 Å². The number of alkyl halides is 9. The smallest absolute Gasteiger partial charge is 0.211 e. The van der Waals surface area contributed by atoms with E-state index in [2.05, 4.69) is 3.63 Å². The average molecular weight is 513 g/mol. The Labute approximate surface area is 177 Å². The Hall–Kier alpha value is -2.18. The van der Waals surface area contributed by atoms with Crippen LogP contribution in [-0.2, 0) is 13.7 Å². The molecule has 0 N–H and O–H groups in total. The Balaban J connectivity index is 2.61. The summed E-state index contributed by atoms with van der Waals surface area (Å²) in [6, 6.07) is 9.63. The molecule has 0 atom stereocenters. The molecule has 0 fully saturated rings. The molecule has 2 aromatic carbocycles. The third kappa shape index (κ3) is 3.88. The first-order valence-electron chi connectivity index (χ1n) is 8.05. The van der Waals surface area contributed by atoms with E-state index in [1.54, 1.807) is 0 Å². The van der Waals surface area contributed by atoms with Crippen LogP contribution in [0.4, 0.5) is 39.5 Å². The van der Waals surface area contributed by atoms with Gasteiger partial charge in [-0.15, -0.1) is 0 Å². The van der Waals surface area contributed by atoms with Crippen molar-refractivity contribution in [1.29, 1.82) is 5.26 Å². The van der Waals surface area contributed by atoms with Gasteiger partial charge in [-0.25, -0.2) is 3.63 Å². The molecule has 0 aliphatic rings. The van der Waals surface area contributed by atoms with Crippen LogP contribution in [-0.4, -0.2) is 44.2 Å². The quantitative estimate of drug-likeness (QED) is 0.457. The Morgan fingerprint density at radius 3 is 1.78 bits per heavy atom. The zero-order valence-electron chi connectivity index (χ0n) is 15.9. The first kappa shape index (κ1) is 26.1. The summed E-state index contributed by atoms with van der Waals surface area (Å²) in [6.07, 6.45) is -5.44. The lowest BCUT2D eigenvalue weighted by Gasteiger charge is -2.36. The van der Waals surface area contributed by atoms with Gasteiger partial charge in [0, 0.05) is 10.3 Å². The molecular weight excluding hydrogens is 501 g/mol. The molecule has 4 nitrogen and oxygen atoms in total. The van der Waals surface area contributed by atoms with Crippen molar-refractivity contribution in [1.82, 2.24) is 0 Å². The maximum absolute atomic E-state index is 14.0. The molecule has 2 rings (SSSR count). The minimum atomic E-state index is -7.39. The summed E-state index contributed by atoms with van der Waals surface area (Å²) in [7, 11) is -10.6. The Kier molecular flexibility index (Phi) is 6.27. The fourth-order valence-electron chi connectivity index (χ4n) is 2.62. The molecule has 0 aliphatic carbocycles. The highest BCUT2D eigenvalue weighted by atomic mass is 32.3. The van der Waals surface area contributed by atoms with E-state index in [0.29, 0.717) is 0 Å². The molecule has 0 unspecified atom stereocenters. The van der Waals surface area contributed by atoms with E-state index in [1.165, 1.54) is 24.3 Å². The third-order valence-electron chi connectivity index (χ3n) is 4.22. The fraction of sp³-hybridized carbons (Fsp3) is 0.353. The molecule has 178 valence electrons. The van der Waals surface area contributed by atoms with Gasteiger partial charge in [-0.1, -0.05) is 34.6 Å². The summed E-state index contributed by atoms with van der Waals surface area (Å²) in [6.45, 7) is 0. The molecule has 32 heavy (non-hydrogen) atoms. The van der Waals surface area contributed by atoms with Crippen LogP contribution in [0.3, 0.4) is 0 Å². The van der Waals surface area contributed by atoms with Crippen LogP contribution >= 0.6 is 10.3 Å². The normalized spacial score (nSPS) is 14.9. The first-order valence-corrected chi connectivity index (χ1v) is 11.8. The lowest BCUT2D eigenvalue weighted by Crippen LogP contribution is -2.63. The van der Waals surface area contributed by atoms with Gasteiger partial charge in [0.15, 0.2) is 0 Å². The van der Waals surface area contributed by atoms with Gasteiger partial charge >= 0.3 is 33.4 Å². The number of nitriles is 1. The van der Waals surface area contributed by atoms with Gasteiger partial charge < -0.3 is 0 Å². The Morgan fingerprint density at radius 1 is 0.812 bits per heavy atom. The van der Waals surface area contributed by atoms with Crippen LogP contribution in [0.15, 0.2) is 41.3 Å². The second kappa shape index (κ2) is 7.70.